The van der Waals surface area contributed by atoms with Gasteiger partial charge in [-0.2, -0.15) is 13.2 Å². The minimum Gasteiger partial charge on any atom is -0.475 e. The van der Waals surface area contributed by atoms with Crippen LogP contribution in [0.1, 0.15) is 44.7 Å². The Kier molecular flexibility index (Phi) is 8.88. The zero-order chi connectivity index (χ0) is 23.1. The lowest BCUT2D eigenvalue weighted by atomic mass is 9.87. The van der Waals surface area contributed by atoms with Gasteiger partial charge in [0.15, 0.2) is 0 Å². The molecule has 0 aliphatic carbocycles. The number of likely N-dealkylation sites (tertiary alicyclic amines) is 1. The summed E-state index contributed by atoms with van der Waals surface area (Å²) in [7, 11) is 0. The molecule has 2 saturated heterocycles. The molecule has 0 saturated carbocycles. The van der Waals surface area contributed by atoms with E-state index < -0.39 is 12.1 Å². The molecule has 1 amide bonds. The Labute approximate surface area is 181 Å². The summed E-state index contributed by atoms with van der Waals surface area (Å²) in [6, 6.07) is 10.5. The number of halogens is 3. The molecule has 1 aromatic carbocycles. The maximum Gasteiger partial charge on any atom is 0.490 e. The summed E-state index contributed by atoms with van der Waals surface area (Å²) < 4.78 is 37.6. The summed E-state index contributed by atoms with van der Waals surface area (Å²) in [5, 5.41) is 7.12. The number of carbonyl (C=O) groups is 2. The van der Waals surface area contributed by atoms with Crippen LogP contribution >= 0.6 is 0 Å². The van der Waals surface area contributed by atoms with Gasteiger partial charge in [-0.05, 0) is 25.5 Å². The number of ether oxygens (including phenoxy) is 1. The molecule has 9 heteroatoms. The van der Waals surface area contributed by atoms with E-state index in [1.54, 1.807) is 0 Å². The van der Waals surface area contributed by atoms with E-state index in [0.717, 1.165) is 32.8 Å². The largest absolute Gasteiger partial charge is 0.490 e. The van der Waals surface area contributed by atoms with Gasteiger partial charge < -0.3 is 19.6 Å². The highest BCUT2D eigenvalue weighted by Gasteiger charge is 2.46. The fourth-order valence-electron chi connectivity index (χ4n) is 4.05. The molecule has 0 bridgehead atoms. The predicted octanol–water partition coefficient (Wildman–Crippen LogP) is 3.73. The van der Waals surface area contributed by atoms with Crippen molar-refractivity contribution in [2.45, 2.75) is 45.3 Å². The van der Waals surface area contributed by atoms with Gasteiger partial charge in [-0.3, -0.25) is 4.79 Å². The zero-order valence-corrected chi connectivity index (χ0v) is 18.0. The summed E-state index contributed by atoms with van der Waals surface area (Å²) in [6.07, 6.45) is -2.04. The van der Waals surface area contributed by atoms with Crippen molar-refractivity contribution in [1.82, 2.24) is 9.80 Å². The Morgan fingerprint density at radius 2 is 1.90 bits per heavy atom. The molecule has 174 valence electrons. The molecule has 1 spiro atoms. The third-order valence-electron chi connectivity index (χ3n) is 5.69. The van der Waals surface area contributed by atoms with Crippen LogP contribution in [0.3, 0.4) is 0 Å². The number of hydrogen-bond donors (Lipinski definition) is 1. The van der Waals surface area contributed by atoms with Gasteiger partial charge in [0.25, 0.3) is 0 Å². The monoisotopic (exact) mass is 444 g/mol. The highest BCUT2D eigenvalue weighted by atomic mass is 19.4. The molecular weight excluding hydrogens is 413 g/mol. The van der Waals surface area contributed by atoms with E-state index in [-0.39, 0.29) is 17.4 Å². The van der Waals surface area contributed by atoms with E-state index >= 15 is 0 Å². The number of benzene rings is 1. The molecular formula is C22H31F3N2O4. The van der Waals surface area contributed by atoms with Gasteiger partial charge in [-0.15, -0.1) is 0 Å². The van der Waals surface area contributed by atoms with Crippen molar-refractivity contribution in [3.05, 3.63) is 35.9 Å². The molecule has 1 aromatic rings. The first-order valence-corrected chi connectivity index (χ1v) is 10.5. The molecule has 2 atom stereocenters. The standard InChI is InChI=1S/C20H30N2O2.C2HF3O2/c1-3-4-10-21-11-12-24-16-20(14-21)13-19(23)22(15-20)17(2)18-8-6-5-7-9-18;3-2(4,5)1(6)7/h5-9,17H,3-4,10-16H2,1-2H3;(H,6,7). The second-order valence-electron chi connectivity index (χ2n) is 8.27. The van der Waals surface area contributed by atoms with Gasteiger partial charge >= 0.3 is 12.1 Å². The van der Waals surface area contributed by atoms with Crippen molar-refractivity contribution in [2.75, 3.05) is 39.4 Å². The molecule has 2 aliphatic rings. The normalized spacial score (nSPS) is 23.3. The van der Waals surface area contributed by atoms with Crippen LogP contribution in [-0.4, -0.2) is 72.4 Å². The molecule has 0 radical (unpaired) electrons. The van der Waals surface area contributed by atoms with Crippen molar-refractivity contribution in [3.63, 3.8) is 0 Å². The lowest BCUT2D eigenvalue weighted by molar-refractivity contribution is -0.192. The number of carboxylic acids is 1. The molecule has 0 aromatic heterocycles. The van der Waals surface area contributed by atoms with Crippen molar-refractivity contribution in [3.8, 4) is 0 Å². The predicted molar refractivity (Wildman–Crippen MR) is 109 cm³/mol. The van der Waals surface area contributed by atoms with Gasteiger partial charge in [0.2, 0.25) is 5.91 Å². The molecule has 3 rings (SSSR count). The van der Waals surface area contributed by atoms with Crippen LogP contribution < -0.4 is 0 Å². The number of nitrogens with zero attached hydrogens (tertiary/aromatic N) is 2. The smallest absolute Gasteiger partial charge is 0.475 e. The number of rotatable bonds is 5. The first-order chi connectivity index (χ1) is 14.6. The number of unbranched alkanes of at least 4 members (excludes halogenated alkanes) is 1. The molecule has 2 aliphatic heterocycles. The van der Waals surface area contributed by atoms with Crippen LogP contribution in [0.2, 0.25) is 0 Å². The molecule has 6 nitrogen and oxygen atoms in total. The van der Waals surface area contributed by atoms with E-state index in [4.69, 9.17) is 14.6 Å². The molecule has 2 heterocycles. The summed E-state index contributed by atoms with van der Waals surface area (Å²) in [6.45, 7) is 9.76. The number of carboxylic acid groups (broad SMARTS) is 1. The number of aliphatic carboxylic acids is 1. The van der Waals surface area contributed by atoms with E-state index in [2.05, 4.69) is 35.8 Å². The van der Waals surface area contributed by atoms with Gasteiger partial charge in [-0.1, -0.05) is 43.7 Å². The maximum atomic E-state index is 12.7. The Morgan fingerprint density at radius 3 is 2.48 bits per heavy atom. The van der Waals surface area contributed by atoms with Crippen LogP contribution in [-0.2, 0) is 14.3 Å². The number of alkyl halides is 3. The topological polar surface area (TPSA) is 70.1 Å². The third kappa shape index (κ3) is 7.21. The highest BCUT2D eigenvalue weighted by molar-refractivity contribution is 5.80. The quantitative estimate of drug-likeness (QED) is 0.750. The van der Waals surface area contributed by atoms with Crippen molar-refractivity contribution >= 4 is 11.9 Å². The number of hydrogen-bond acceptors (Lipinski definition) is 4. The Morgan fingerprint density at radius 1 is 1.26 bits per heavy atom. The van der Waals surface area contributed by atoms with E-state index in [1.165, 1.54) is 18.4 Å². The lowest BCUT2D eigenvalue weighted by Gasteiger charge is -2.32. The Balaban J connectivity index is 0.000000423. The number of carbonyl (C=O) groups excluding carboxylic acids is 1. The van der Waals surface area contributed by atoms with Gasteiger partial charge in [0, 0.05) is 31.5 Å². The van der Waals surface area contributed by atoms with Gasteiger partial charge in [0.05, 0.1) is 19.3 Å². The van der Waals surface area contributed by atoms with Crippen molar-refractivity contribution < 1.29 is 32.6 Å². The van der Waals surface area contributed by atoms with Gasteiger partial charge in [-0.25, -0.2) is 4.79 Å². The number of amides is 1. The average Bonchev–Trinajstić information content (AvgIpc) is 2.91. The Bertz CT molecular complexity index is 729. The lowest BCUT2D eigenvalue weighted by Crippen LogP contribution is -2.41. The molecule has 2 fully saturated rings. The van der Waals surface area contributed by atoms with Crippen LogP contribution in [0.25, 0.3) is 0 Å². The van der Waals surface area contributed by atoms with Crippen molar-refractivity contribution in [2.24, 2.45) is 5.41 Å². The van der Waals surface area contributed by atoms with E-state index in [1.807, 2.05) is 18.2 Å². The zero-order valence-electron chi connectivity index (χ0n) is 18.0. The highest BCUT2D eigenvalue weighted by Crippen LogP contribution is 2.38. The van der Waals surface area contributed by atoms with Crippen LogP contribution in [0.4, 0.5) is 13.2 Å². The third-order valence-corrected chi connectivity index (χ3v) is 5.69. The average molecular weight is 444 g/mol. The van der Waals surface area contributed by atoms with E-state index in [0.29, 0.717) is 13.0 Å². The fourth-order valence-corrected chi connectivity index (χ4v) is 4.05. The SMILES string of the molecule is CCCCN1CCOCC2(CC(=O)N(C(C)c3ccccc3)C2)C1.O=C(O)C(F)(F)F. The van der Waals surface area contributed by atoms with Crippen molar-refractivity contribution in [1.29, 1.82) is 0 Å². The minimum atomic E-state index is -5.08. The summed E-state index contributed by atoms with van der Waals surface area (Å²) in [4.78, 5) is 26.2. The summed E-state index contributed by atoms with van der Waals surface area (Å²) in [5.41, 5.74) is 1.17. The fraction of sp³-hybridized carbons (Fsp3) is 0.636. The molecule has 31 heavy (non-hydrogen) atoms. The maximum absolute atomic E-state index is 12.7. The second kappa shape index (κ2) is 10.9. The molecule has 2 unspecified atom stereocenters. The summed E-state index contributed by atoms with van der Waals surface area (Å²) >= 11 is 0. The summed E-state index contributed by atoms with van der Waals surface area (Å²) in [5.74, 6) is -2.49. The molecule has 1 N–H and O–H groups in total. The second-order valence-corrected chi connectivity index (χ2v) is 8.27. The van der Waals surface area contributed by atoms with Gasteiger partial charge in [0.1, 0.15) is 0 Å². The minimum absolute atomic E-state index is 0.0373. The Hall–Kier alpha value is -2.13. The van der Waals surface area contributed by atoms with Crippen LogP contribution in [0.5, 0.6) is 0 Å². The first-order valence-electron chi connectivity index (χ1n) is 10.5. The van der Waals surface area contributed by atoms with E-state index in [9.17, 15) is 18.0 Å². The van der Waals surface area contributed by atoms with Crippen LogP contribution in [0, 0.1) is 5.41 Å². The van der Waals surface area contributed by atoms with Crippen LogP contribution in [0.15, 0.2) is 30.3 Å². The first kappa shape index (κ1) is 25.1.